The fraction of sp³-hybridized carbons (Fsp3) is 0.214. The molecule has 0 saturated heterocycles. The molecule has 0 atom stereocenters. The van der Waals surface area contributed by atoms with E-state index in [0.717, 1.165) is 22.3 Å². The third-order valence-electron chi connectivity index (χ3n) is 12.7. The number of H-pyrrole nitrogens is 2. The molecule has 2 aliphatic rings. The number of aromatic amines is 2. The van der Waals surface area contributed by atoms with Gasteiger partial charge in [-0.3, -0.25) is 0 Å². The standard InChI is InChI=1S/C56H58N4O16P4.8Na/c61-77(62,63)33-1-29-73-41-13-5-37(6-14-41)53-45-21-23-47(57-45)54(38-7-15-42(16-8-38)74-30-2-34-78(64,65)66)49-25-27-51(59-49)56(40-11-19-44(20-12-40)76-32-4-36-80(70,71)72)52-28-26-50(60-52)55(48-24-22-46(53)58-48)39-9-17-43(18-10-39)75-31-3-35-79(67,68)69;;;;;;;;/h5-28,57,60H,1-4,29-36H2,(H2,61,62,63)(H2,64,65,66)(H2,67,68,69)(H2,70,71,72);;;;;;;;/q;8*+1/p-8. The zero-order chi connectivity index (χ0) is 56.7. The van der Waals surface area contributed by atoms with Crippen LogP contribution in [0.15, 0.2) is 121 Å². The zero-order valence-corrected chi connectivity index (χ0v) is 70.1. The van der Waals surface area contributed by atoms with E-state index in [9.17, 15) is 57.4 Å². The molecular formula is C56H50N4Na8O16P4. The monoisotopic (exact) mass is 1340 g/mol. The summed E-state index contributed by atoms with van der Waals surface area (Å²) < 4.78 is 68.2. The minimum absolute atomic E-state index is 0. The van der Waals surface area contributed by atoms with Crippen molar-refractivity contribution in [2.24, 2.45) is 0 Å². The Morgan fingerprint density at radius 3 is 0.648 bits per heavy atom. The van der Waals surface area contributed by atoms with Gasteiger partial charge in [0, 0.05) is 44.3 Å². The molecule has 7 aromatic rings. The molecule has 0 unspecified atom stereocenters. The second-order valence-electron chi connectivity index (χ2n) is 18.7. The largest absolute Gasteiger partial charge is 1.00 e. The molecule has 32 heteroatoms. The number of rotatable bonds is 24. The Labute approximate surface area is 686 Å². The number of fused-ring (bicyclic) bond motifs is 8. The number of ether oxygens (including phenoxy) is 4. The number of hydrogen-bond acceptors (Lipinski definition) is 18. The van der Waals surface area contributed by atoms with E-state index in [4.69, 9.17) is 28.9 Å². The Hall–Kier alpha value is 1.28. The topological polar surface area (TPSA) is 347 Å². The maximum atomic E-state index is 11.2. The number of nitrogens with zero attached hydrogens (tertiary/aromatic N) is 2. The molecule has 3 aromatic heterocycles. The van der Waals surface area contributed by atoms with Crippen LogP contribution >= 0.6 is 30.4 Å². The van der Waals surface area contributed by atoms with Crippen LogP contribution in [0.5, 0.6) is 23.0 Å². The van der Waals surface area contributed by atoms with E-state index in [2.05, 4.69) is 9.97 Å². The van der Waals surface area contributed by atoms with Crippen LogP contribution in [0.4, 0.5) is 0 Å². The van der Waals surface area contributed by atoms with Gasteiger partial charge in [-0.05, 0) is 170 Å². The third kappa shape index (κ3) is 26.3. The first kappa shape index (κ1) is 87.3. The molecular weight excluding hydrogens is 1290 g/mol. The summed E-state index contributed by atoms with van der Waals surface area (Å²) in [4.78, 5) is 108. The summed E-state index contributed by atoms with van der Waals surface area (Å²) in [5.74, 6) is 1.79. The second kappa shape index (κ2) is 40.2. The molecule has 8 bridgehead atoms. The number of nitrogens with one attached hydrogen (secondary N) is 2. The second-order valence-corrected chi connectivity index (χ2v) is 25.4. The number of aromatic nitrogens is 4. The van der Waals surface area contributed by atoms with Gasteiger partial charge < -0.3 is 86.3 Å². The van der Waals surface area contributed by atoms with Gasteiger partial charge in [-0.2, -0.15) is 0 Å². The van der Waals surface area contributed by atoms with Gasteiger partial charge in [0.1, 0.15) is 23.0 Å². The van der Waals surface area contributed by atoms with Crippen LogP contribution in [-0.4, -0.2) is 71.0 Å². The summed E-state index contributed by atoms with van der Waals surface area (Å²) in [6, 6.07) is 36.3. The van der Waals surface area contributed by atoms with E-state index in [0.29, 0.717) is 90.1 Å². The van der Waals surface area contributed by atoms with Crippen LogP contribution in [0, 0.1) is 0 Å². The Morgan fingerprint density at radius 1 is 0.295 bits per heavy atom. The summed E-state index contributed by atoms with van der Waals surface area (Å²) in [6.07, 6.45) is 5.54. The molecule has 418 valence electrons. The van der Waals surface area contributed by atoms with E-state index >= 15 is 0 Å². The van der Waals surface area contributed by atoms with Crippen molar-refractivity contribution in [2.45, 2.75) is 25.7 Å². The molecule has 0 fully saturated rings. The minimum Gasteiger partial charge on any atom is -0.811 e. The van der Waals surface area contributed by atoms with E-state index in [-0.39, 0.29) is 289 Å². The molecule has 20 nitrogen and oxygen atoms in total. The summed E-state index contributed by atoms with van der Waals surface area (Å²) in [7, 11) is -18.8. The Kier molecular flexibility index (Phi) is 39.9. The molecule has 9 rings (SSSR count). The van der Waals surface area contributed by atoms with Crippen molar-refractivity contribution in [1.29, 1.82) is 0 Å². The molecule has 2 N–H and O–H groups in total. The Balaban J connectivity index is 0.00000484. The summed E-state index contributed by atoms with van der Waals surface area (Å²) in [5.41, 5.74) is 10.6. The predicted octanol–water partition coefficient (Wildman–Crippen LogP) is -17.9. The van der Waals surface area contributed by atoms with Gasteiger partial charge in [-0.25, -0.2) is 9.97 Å². The van der Waals surface area contributed by atoms with E-state index < -0.39 is 55.0 Å². The maximum Gasteiger partial charge on any atom is 1.00 e. The molecule has 4 aromatic carbocycles. The molecule has 88 heavy (non-hydrogen) atoms. The van der Waals surface area contributed by atoms with Gasteiger partial charge in [-0.1, -0.05) is 78.9 Å². The SMILES string of the molecule is O=P([O-])([O-])CCCOc1ccc(-c2c3nc(c(-c4ccc(OCCCP(=O)([O-])[O-])cc4)c4ccc([nH]4)c(-c4ccc(OCCCP(=O)([O-])[O-])cc4)c4nc(c(-c5ccc(OCCCP(=O)([O-])[O-])cc5)c5ccc2[nH]5)C=C4)C=C3)cc1.[Na+].[Na+].[Na+].[Na+].[Na+].[Na+].[Na+].[Na+]. The van der Waals surface area contributed by atoms with Gasteiger partial charge in [0.2, 0.25) is 0 Å². The van der Waals surface area contributed by atoms with Crippen molar-refractivity contribution < 1.29 is 313 Å². The van der Waals surface area contributed by atoms with Crippen LogP contribution in [0.3, 0.4) is 0 Å². The maximum absolute atomic E-state index is 11.2. The van der Waals surface area contributed by atoms with Crippen LogP contribution in [0.1, 0.15) is 48.5 Å². The van der Waals surface area contributed by atoms with E-state index in [1.165, 1.54) is 0 Å². The molecule has 2 aliphatic heterocycles. The van der Waals surface area contributed by atoms with Crippen molar-refractivity contribution in [1.82, 2.24) is 19.9 Å². The Bertz CT molecular complexity index is 3340. The third-order valence-corrected chi connectivity index (χ3v) is 16.2. The quantitative estimate of drug-likeness (QED) is 0.0322. The van der Waals surface area contributed by atoms with Crippen LogP contribution < -0.4 is 295 Å². The van der Waals surface area contributed by atoms with Crippen molar-refractivity contribution in [2.75, 3.05) is 51.1 Å². The number of hydrogen-bond donors (Lipinski definition) is 2. The van der Waals surface area contributed by atoms with Crippen LogP contribution in [0.25, 0.3) is 90.9 Å². The smallest absolute Gasteiger partial charge is 0.811 e. The zero-order valence-electron chi connectivity index (χ0n) is 50.6. The predicted molar refractivity (Wildman–Crippen MR) is 291 cm³/mol. The fourth-order valence-electron chi connectivity index (χ4n) is 9.08. The molecule has 0 saturated carbocycles. The Morgan fingerprint density at radius 2 is 0.477 bits per heavy atom. The van der Waals surface area contributed by atoms with Crippen molar-refractivity contribution in [3.63, 3.8) is 0 Å². The molecule has 0 radical (unpaired) electrons. The average Bonchev–Trinajstić information content (AvgIpc) is 4.29. The summed E-state index contributed by atoms with van der Waals surface area (Å²) >= 11 is 0. The van der Waals surface area contributed by atoms with Crippen LogP contribution in [-0.2, 0) is 18.3 Å². The summed E-state index contributed by atoms with van der Waals surface area (Å²) in [6.45, 7) is 0.0344. The molecule has 5 heterocycles. The van der Waals surface area contributed by atoms with Crippen molar-refractivity contribution >= 4 is 76.8 Å². The van der Waals surface area contributed by atoms with Gasteiger partial charge in [0.05, 0.1) is 49.2 Å². The van der Waals surface area contributed by atoms with Gasteiger partial charge in [-0.15, -0.1) is 0 Å². The van der Waals surface area contributed by atoms with Crippen LogP contribution in [0.2, 0.25) is 0 Å². The molecule has 0 spiro atoms. The first-order valence-electron chi connectivity index (χ1n) is 25.2. The first-order chi connectivity index (χ1) is 38.1. The van der Waals surface area contributed by atoms with Crippen molar-refractivity contribution in [3.05, 3.63) is 144 Å². The van der Waals surface area contributed by atoms with Crippen molar-refractivity contribution in [3.8, 4) is 67.5 Å². The van der Waals surface area contributed by atoms with Gasteiger partial charge >= 0.3 is 236 Å². The summed E-state index contributed by atoms with van der Waals surface area (Å²) in [5, 5.41) is 0. The normalized spacial score (nSPS) is 11.5. The number of benzene rings is 4. The van der Waals surface area contributed by atoms with E-state index in [1.54, 1.807) is 48.5 Å². The molecule has 0 amide bonds. The fourth-order valence-corrected chi connectivity index (χ4v) is 11.2. The first-order valence-corrected chi connectivity index (χ1v) is 32.2. The van der Waals surface area contributed by atoms with Gasteiger partial charge in [0.25, 0.3) is 0 Å². The van der Waals surface area contributed by atoms with E-state index in [1.807, 2.05) is 97.1 Å². The van der Waals surface area contributed by atoms with Gasteiger partial charge in [0.15, 0.2) is 0 Å². The molecule has 0 aliphatic carbocycles. The average molecular weight is 1340 g/mol. The minimum atomic E-state index is -4.70.